The normalized spacial score (nSPS) is 16.8. The molecule has 0 saturated heterocycles. The monoisotopic (exact) mass is 1080 g/mol. The van der Waals surface area contributed by atoms with Gasteiger partial charge in [-0.3, -0.25) is 54.8 Å². The fourth-order valence-electron chi connectivity index (χ4n) is 5.13. The van der Waals surface area contributed by atoms with Crippen LogP contribution in [0.5, 0.6) is 0 Å². The molecular formula is C6H28N2O36P12. The molecule has 0 aromatic carbocycles. The molecule has 0 aliphatic carbocycles. The van der Waals surface area contributed by atoms with Gasteiger partial charge >= 0.3 is 110 Å². The maximum Gasteiger partial charge on any atom is 0.370 e. The number of hydrogen-bond acceptors (Lipinski definition) is 14. The number of hydrogen-bond donors (Lipinski definition) is 24. The minimum atomic E-state index is -8.42. The van der Waals surface area contributed by atoms with E-state index in [1.807, 2.05) is 0 Å². The van der Waals surface area contributed by atoms with Crippen LogP contribution in [0.15, 0.2) is 0 Å². The summed E-state index contributed by atoms with van der Waals surface area (Å²) in [5.41, 5.74) is 0. The van der Waals surface area contributed by atoms with Crippen molar-refractivity contribution in [1.82, 2.24) is 9.80 Å². The van der Waals surface area contributed by atoms with Crippen LogP contribution in [0.2, 0.25) is 0 Å². The predicted molar refractivity (Wildman–Crippen MR) is 169 cm³/mol. The molecule has 0 spiro atoms. The molecule has 38 nitrogen and oxygen atoms in total. The fraction of sp³-hybridized carbons (Fsp3) is 1.00. The minimum Gasteiger partial charge on any atom is -0.322 e. The smallest absolute Gasteiger partial charge is 0.322 e. The van der Waals surface area contributed by atoms with E-state index in [1.165, 1.54) is 0 Å². The Morgan fingerprint density at radius 2 is 0.286 bits per heavy atom. The van der Waals surface area contributed by atoms with Crippen LogP contribution in [-0.4, -0.2) is 159 Å². The van der Waals surface area contributed by atoms with Crippen LogP contribution in [-0.2, 0) is 54.8 Å². The third kappa shape index (κ3) is 8.67. The van der Waals surface area contributed by atoms with Crippen molar-refractivity contribution in [2.24, 2.45) is 0 Å². The van der Waals surface area contributed by atoms with Gasteiger partial charge in [0.15, 0.2) is 0 Å². The summed E-state index contributed by atoms with van der Waals surface area (Å²) in [6.45, 7) is -8.13. The Hall–Kier alpha value is 1.72. The van der Waals surface area contributed by atoms with E-state index in [0.29, 0.717) is 0 Å². The molecular weight excluding hydrogens is 1050 g/mol. The number of nitrogens with zero attached hydrogens (tertiary/aromatic N) is 2. The van der Waals surface area contributed by atoms with Gasteiger partial charge in [-0.2, -0.15) is 0 Å². The van der Waals surface area contributed by atoms with E-state index in [2.05, 4.69) is 0 Å². The van der Waals surface area contributed by atoms with Crippen molar-refractivity contribution in [3.8, 4) is 0 Å². The number of rotatable bonds is 19. The Morgan fingerprint density at radius 3 is 0.339 bits per heavy atom. The van der Waals surface area contributed by atoms with E-state index in [1.54, 1.807) is 0 Å². The van der Waals surface area contributed by atoms with Gasteiger partial charge in [0.05, 0.1) is 0 Å². The third-order valence-corrected chi connectivity index (χ3v) is 37.7. The molecule has 0 amide bonds. The van der Waals surface area contributed by atoms with E-state index >= 15 is 0 Å². The second-order valence-corrected chi connectivity index (χ2v) is 35.3. The van der Waals surface area contributed by atoms with Gasteiger partial charge in [0.25, 0.3) is 0 Å². The summed E-state index contributed by atoms with van der Waals surface area (Å²) in [7, 11) is -101. The zero-order chi connectivity index (χ0) is 46.6. The highest BCUT2D eigenvalue weighted by Crippen LogP contribution is 2.94. The molecule has 0 rings (SSSR count). The first-order chi connectivity index (χ1) is 23.5. The largest absolute Gasteiger partial charge is 0.370 e. The topological polar surface area (TPSA) is 697 Å². The molecule has 0 atom stereocenters. The molecule has 0 heterocycles. The molecule has 0 saturated carbocycles. The van der Waals surface area contributed by atoms with E-state index in [4.69, 9.17) is 0 Å². The standard InChI is InChI=1S/C6H28N2O36P12/c9-45(10,11)3(46(12,13)14,47(15,16)17)7(4(48(18,19)20,49(21,22)23)50(24,25)26)1-2-8(5(51(27,28)29,52(30,31)32)53(33,34)35)6(54(36,37)38,55(39,40)41)56(42,43)44/h1-2H2,(H2,9,10,11)(H2,12,13,14)(H2,15,16,17)(H2,18,19,20)(H2,21,22,23)(H2,24,25,26)(H2,27,28,29)(H2,30,31,32)(H2,33,34,35)(H2,36,37,38)(H2,39,40,41)(H2,42,43,44). The lowest BCUT2D eigenvalue weighted by molar-refractivity contribution is 0.0868. The molecule has 0 aliphatic rings. The van der Waals surface area contributed by atoms with Crippen LogP contribution in [0.4, 0.5) is 0 Å². The molecule has 56 heavy (non-hydrogen) atoms. The van der Waals surface area contributed by atoms with Gasteiger partial charge in [-0.1, -0.05) is 0 Å². The summed E-state index contributed by atoms with van der Waals surface area (Å²) in [6, 6.07) is 0. The van der Waals surface area contributed by atoms with Crippen LogP contribution < -0.4 is 0 Å². The summed E-state index contributed by atoms with van der Waals surface area (Å²) in [5, 5.41) is 0. The van der Waals surface area contributed by atoms with Gasteiger partial charge in [0.1, 0.15) is 0 Å². The molecule has 0 fully saturated rings. The van der Waals surface area contributed by atoms with Crippen molar-refractivity contribution < 1.29 is 172 Å². The van der Waals surface area contributed by atoms with E-state index in [9.17, 15) is 172 Å². The average Bonchev–Trinajstić information content (AvgIpc) is 2.71. The molecule has 0 unspecified atom stereocenters. The zero-order valence-corrected chi connectivity index (χ0v) is 36.0. The van der Waals surface area contributed by atoms with Crippen molar-refractivity contribution in [3.05, 3.63) is 0 Å². The molecule has 0 aromatic heterocycles. The van der Waals surface area contributed by atoms with Crippen LogP contribution >= 0.6 is 91.1 Å². The quantitative estimate of drug-likeness (QED) is 0.0536. The van der Waals surface area contributed by atoms with Crippen molar-refractivity contribution >= 4 is 91.1 Å². The van der Waals surface area contributed by atoms with Crippen molar-refractivity contribution in [1.29, 1.82) is 0 Å². The average molecular weight is 1080 g/mol. The van der Waals surface area contributed by atoms with Crippen molar-refractivity contribution in [3.63, 3.8) is 0 Å². The second-order valence-electron chi connectivity index (χ2n) is 10.2. The minimum absolute atomic E-state index is 2.86. The predicted octanol–water partition coefficient (Wildman–Crippen LogP) is -5.83. The van der Waals surface area contributed by atoms with Gasteiger partial charge in [-0.15, -0.1) is 0 Å². The zero-order valence-electron chi connectivity index (χ0n) is 25.3. The third-order valence-electron chi connectivity index (χ3n) is 6.69. The first kappa shape index (κ1) is 57.7. The van der Waals surface area contributed by atoms with Crippen LogP contribution in [0.3, 0.4) is 0 Å². The Balaban J connectivity index is 10.5. The van der Waals surface area contributed by atoms with Gasteiger partial charge in [0, 0.05) is 13.1 Å². The van der Waals surface area contributed by atoms with Gasteiger partial charge in [-0.25, -0.2) is 9.80 Å². The van der Waals surface area contributed by atoms with Crippen molar-refractivity contribution in [2.45, 2.75) is 19.0 Å². The summed E-state index contributed by atoms with van der Waals surface area (Å²) >= 11 is 0. The van der Waals surface area contributed by atoms with E-state index < -0.39 is 133 Å². The fourth-order valence-corrected chi connectivity index (χ4v) is 29.6. The molecule has 0 radical (unpaired) electrons. The maximum absolute atomic E-state index is 12.8. The molecule has 338 valence electrons. The Bertz CT molecular complexity index is 1610. The highest BCUT2D eigenvalue weighted by atomic mass is 31.3. The van der Waals surface area contributed by atoms with E-state index in [0.717, 1.165) is 0 Å². The van der Waals surface area contributed by atoms with Crippen molar-refractivity contribution in [2.75, 3.05) is 13.1 Å². The highest BCUT2D eigenvalue weighted by Gasteiger charge is 2.90. The summed E-state index contributed by atoms with van der Waals surface area (Å²) < 4.78 is 126. The van der Waals surface area contributed by atoms with Gasteiger partial charge in [-0.05, 0) is 0 Å². The molecule has 0 bridgehead atoms. The van der Waals surface area contributed by atoms with Crippen LogP contribution in [0.1, 0.15) is 0 Å². The molecule has 0 aliphatic heterocycles. The van der Waals surface area contributed by atoms with Gasteiger partial charge < -0.3 is 117 Å². The highest BCUT2D eigenvalue weighted by molar-refractivity contribution is 7.92. The molecule has 24 N–H and O–H groups in total. The molecule has 0 aromatic rings. The Morgan fingerprint density at radius 1 is 0.214 bits per heavy atom. The summed E-state index contributed by atoms with van der Waals surface area (Å²) in [5.74, 6) is 0. The van der Waals surface area contributed by atoms with Gasteiger partial charge in [0.2, 0.25) is 0 Å². The Labute approximate surface area is 305 Å². The maximum atomic E-state index is 12.8. The lowest BCUT2D eigenvalue weighted by Crippen LogP contribution is -2.65. The molecule has 50 heteroatoms. The van der Waals surface area contributed by atoms with E-state index in [-0.39, 0.29) is 0 Å². The SMILES string of the molecule is O=P(O)(O)C(N(CCN(C(P(=O)(O)O)(P(=O)(O)O)P(=O)(O)O)C(P(=O)(O)O)(P(=O)(O)O)P(=O)(O)O)C(P(=O)(O)O)(P(=O)(O)O)P(=O)(O)O)(P(=O)(O)O)P(=O)(O)O. The second kappa shape index (κ2) is 15.8. The first-order valence-electron chi connectivity index (χ1n) is 11.7. The summed E-state index contributed by atoms with van der Waals surface area (Å²) in [6.07, 6.45) is 0. The lowest BCUT2D eigenvalue weighted by Gasteiger charge is -2.54. The van der Waals surface area contributed by atoms with Crippen LogP contribution in [0, 0.1) is 0 Å². The summed E-state index contributed by atoms with van der Waals surface area (Å²) in [4.78, 5) is 233. The Kier molecular flexibility index (Phi) is 16.2. The lowest BCUT2D eigenvalue weighted by atomic mass is 10.5. The van der Waals surface area contributed by atoms with Crippen LogP contribution in [0.25, 0.3) is 0 Å². The first-order valence-corrected chi connectivity index (χ1v) is 31.0.